The van der Waals surface area contributed by atoms with Crippen molar-refractivity contribution in [3.63, 3.8) is 0 Å². The lowest BCUT2D eigenvalue weighted by Crippen LogP contribution is -2.51. The number of carbonyl (C=O) groups excluding carboxylic acids is 1. The lowest BCUT2D eigenvalue weighted by Gasteiger charge is -2.35. The van der Waals surface area contributed by atoms with Crippen molar-refractivity contribution >= 4 is 23.0 Å². The number of hydrogen-bond acceptors (Lipinski definition) is 3. The number of carbonyl (C=O) groups is 1. The number of nitrogens with zero attached hydrogens (tertiary/aromatic N) is 4. The fraction of sp³-hybridized carbons (Fsp3) is 0.467. The number of amides is 2. The van der Waals surface area contributed by atoms with Gasteiger partial charge in [0.05, 0.1) is 11.0 Å². The molecule has 0 bridgehead atoms. The van der Waals surface area contributed by atoms with Crippen LogP contribution in [0.1, 0.15) is 6.92 Å². The van der Waals surface area contributed by atoms with E-state index in [1.54, 1.807) is 7.05 Å². The second kappa shape index (κ2) is 5.63. The molecule has 1 fully saturated rings. The number of para-hydroxylation sites is 2. The van der Waals surface area contributed by atoms with Crippen molar-refractivity contribution in [1.29, 1.82) is 0 Å². The second-order valence-corrected chi connectivity index (χ2v) is 5.17. The van der Waals surface area contributed by atoms with E-state index in [9.17, 15) is 4.79 Å². The Balaban J connectivity index is 1.84. The summed E-state index contributed by atoms with van der Waals surface area (Å²) in [6.07, 6.45) is 0. The first-order valence-corrected chi connectivity index (χ1v) is 7.41. The molecule has 6 heteroatoms. The molecular weight excluding hydrogens is 266 g/mol. The van der Waals surface area contributed by atoms with E-state index in [4.69, 9.17) is 4.98 Å². The van der Waals surface area contributed by atoms with Crippen molar-refractivity contribution in [1.82, 2.24) is 19.8 Å². The van der Waals surface area contributed by atoms with Crippen LogP contribution >= 0.6 is 0 Å². The van der Waals surface area contributed by atoms with Crippen LogP contribution in [0.4, 0.5) is 10.7 Å². The number of hydrogen-bond donors (Lipinski definition) is 1. The number of benzene rings is 1. The maximum Gasteiger partial charge on any atom is 0.317 e. The molecule has 1 aliphatic heterocycles. The fourth-order valence-corrected chi connectivity index (χ4v) is 2.88. The number of nitrogens with one attached hydrogen (secondary N) is 1. The summed E-state index contributed by atoms with van der Waals surface area (Å²) in [4.78, 5) is 20.5. The summed E-state index contributed by atoms with van der Waals surface area (Å²) >= 11 is 0. The van der Waals surface area contributed by atoms with E-state index in [0.717, 1.165) is 44.2 Å². The molecule has 1 aromatic heterocycles. The molecule has 112 valence electrons. The van der Waals surface area contributed by atoms with E-state index in [-0.39, 0.29) is 6.03 Å². The lowest BCUT2D eigenvalue weighted by atomic mass is 10.3. The molecule has 0 aliphatic carbocycles. The molecule has 6 nitrogen and oxygen atoms in total. The van der Waals surface area contributed by atoms with Crippen LogP contribution in [-0.2, 0) is 6.54 Å². The number of piperazine rings is 1. The summed E-state index contributed by atoms with van der Waals surface area (Å²) in [7, 11) is 1.67. The van der Waals surface area contributed by atoms with Gasteiger partial charge in [-0.15, -0.1) is 0 Å². The Bertz CT molecular complexity index is 643. The second-order valence-electron chi connectivity index (χ2n) is 5.17. The highest BCUT2D eigenvalue weighted by molar-refractivity contribution is 5.79. The van der Waals surface area contributed by atoms with Gasteiger partial charge in [-0.2, -0.15) is 0 Å². The topological polar surface area (TPSA) is 53.4 Å². The first kappa shape index (κ1) is 13.7. The van der Waals surface area contributed by atoms with Crippen LogP contribution in [0.15, 0.2) is 24.3 Å². The van der Waals surface area contributed by atoms with Gasteiger partial charge in [-0.1, -0.05) is 12.1 Å². The molecule has 0 atom stereocenters. The molecule has 2 heterocycles. The number of rotatable bonds is 2. The first-order chi connectivity index (χ1) is 10.2. The standard InChI is InChI=1S/C15H21N5O/c1-3-20-13-7-5-4-6-12(13)17-14(20)18-8-10-19(11-9-18)15(21)16-2/h4-7H,3,8-11H2,1-2H3,(H,16,21). The minimum atomic E-state index is -0.00126. The number of anilines is 1. The zero-order valence-electron chi connectivity index (χ0n) is 12.5. The molecule has 0 spiro atoms. The summed E-state index contributed by atoms with van der Waals surface area (Å²) in [5.74, 6) is 1.01. The molecule has 0 saturated carbocycles. The van der Waals surface area contributed by atoms with Crippen LogP contribution in [0.3, 0.4) is 0 Å². The van der Waals surface area contributed by atoms with Gasteiger partial charge in [0, 0.05) is 39.8 Å². The summed E-state index contributed by atoms with van der Waals surface area (Å²) in [6.45, 7) is 6.12. The summed E-state index contributed by atoms with van der Waals surface area (Å²) in [5, 5.41) is 2.68. The lowest BCUT2D eigenvalue weighted by molar-refractivity contribution is 0.196. The van der Waals surface area contributed by atoms with Crippen LogP contribution in [0.2, 0.25) is 0 Å². The predicted molar refractivity (Wildman–Crippen MR) is 83.6 cm³/mol. The quantitative estimate of drug-likeness (QED) is 0.911. The number of imidazole rings is 1. The van der Waals surface area contributed by atoms with E-state index < -0.39 is 0 Å². The molecule has 21 heavy (non-hydrogen) atoms. The molecule has 1 saturated heterocycles. The van der Waals surface area contributed by atoms with Gasteiger partial charge in [-0.3, -0.25) is 0 Å². The molecule has 2 amide bonds. The Kier molecular flexibility index (Phi) is 3.68. The highest BCUT2D eigenvalue weighted by atomic mass is 16.2. The number of fused-ring (bicyclic) bond motifs is 1. The minimum absolute atomic E-state index is 0.00126. The van der Waals surface area contributed by atoms with Crippen LogP contribution in [-0.4, -0.2) is 53.7 Å². The van der Waals surface area contributed by atoms with Crippen molar-refractivity contribution in [2.45, 2.75) is 13.5 Å². The van der Waals surface area contributed by atoms with Gasteiger partial charge in [0.25, 0.3) is 0 Å². The van der Waals surface area contributed by atoms with E-state index in [2.05, 4.69) is 27.8 Å². The highest BCUT2D eigenvalue weighted by Crippen LogP contribution is 2.23. The third-order valence-corrected chi connectivity index (χ3v) is 4.01. The molecule has 0 radical (unpaired) electrons. The molecule has 0 unspecified atom stereocenters. The zero-order valence-corrected chi connectivity index (χ0v) is 12.5. The monoisotopic (exact) mass is 287 g/mol. The van der Waals surface area contributed by atoms with E-state index in [1.165, 1.54) is 5.52 Å². The largest absolute Gasteiger partial charge is 0.341 e. The average Bonchev–Trinajstić information content (AvgIpc) is 2.92. The number of urea groups is 1. The number of aryl methyl sites for hydroxylation is 1. The molecule has 1 aliphatic rings. The Labute approximate surface area is 124 Å². The van der Waals surface area contributed by atoms with E-state index >= 15 is 0 Å². The number of aromatic nitrogens is 2. The maximum atomic E-state index is 11.6. The normalized spacial score (nSPS) is 15.5. The Morgan fingerprint density at radius 1 is 1.24 bits per heavy atom. The van der Waals surface area contributed by atoms with Gasteiger partial charge in [0.15, 0.2) is 0 Å². The van der Waals surface area contributed by atoms with Crippen LogP contribution in [0.25, 0.3) is 11.0 Å². The smallest absolute Gasteiger partial charge is 0.317 e. The Hall–Kier alpha value is -2.24. The van der Waals surface area contributed by atoms with Crippen LogP contribution in [0, 0.1) is 0 Å². The van der Waals surface area contributed by atoms with Crippen molar-refractivity contribution in [2.75, 3.05) is 38.1 Å². The SMILES string of the molecule is CCn1c(N2CCN(C(=O)NC)CC2)nc2ccccc21. The third kappa shape index (κ3) is 2.41. The molecule has 3 rings (SSSR count). The first-order valence-electron chi connectivity index (χ1n) is 7.41. The fourth-order valence-electron chi connectivity index (χ4n) is 2.88. The van der Waals surface area contributed by atoms with Crippen LogP contribution in [0.5, 0.6) is 0 Å². The molecule has 2 aromatic rings. The van der Waals surface area contributed by atoms with Gasteiger partial charge in [-0.05, 0) is 19.1 Å². The Morgan fingerprint density at radius 3 is 2.62 bits per heavy atom. The Morgan fingerprint density at radius 2 is 1.95 bits per heavy atom. The average molecular weight is 287 g/mol. The van der Waals surface area contributed by atoms with Crippen molar-refractivity contribution < 1.29 is 4.79 Å². The third-order valence-electron chi connectivity index (χ3n) is 4.01. The molecule has 1 aromatic carbocycles. The maximum absolute atomic E-state index is 11.6. The van der Waals surface area contributed by atoms with Gasteiger partial charge < -0.3 is 19.7 Å². The van der Waals surface area contributed by atoms with Crippen LogP contribution < -0.4 is 10.2 Å². The van der Waals surface area contributed by atoms with Gasteiger partial charge in [0.2, 0.25) is 5.95 Å². The van der Waals surface area contributed by atoms with E-state index in [1.807, 2.05) is 23.1 Å². The summed E-state index contributed by atoms with van der Waals surface area (Å²) in [5.41, 5.74) is 2.20. The van der Waals surface area contributed by atoms with Crippen molar-refractivity contribution in [2.24, 2.45) is 0 Å². The predicted octanol–water partition coefficient (Wildman–Crippen LogP) is 1.52. The summed E-state index contributed by atoms with van der Waals surface area (Å²) < 4.78 is 2.24. The van der Waals surface area contributed by atoms with Gasteiger partial charge in [-0.25, -0.2) is 9.78 Å². The van der Waals surface area contributed by atoms with Gasteiger partial charge >= 0.3 is 6.03 Å². The van der Waals surface area contributed by atoms with Crippen molar-refractivity contribution in [3.8, 4) is 0 Å². The minimum Gasteiger partial charge on any atom is -0.341 e. The van der Waals surface area contributed by atoms with Crippen molar-refractivity contribution in [3.05, 3.63) is 24.3 Å². The molecule has 1 N–H and O–H groups in total. The van der Waals surface area contributed by atoms with Gasteiger partial charge in [0.1, 0.15) is 0 Å². The zero-order chi connectivity index (χ0) is 14.8. The van der Waals surface area contributed by atoms with E-state index in [0.29, 0.717) is 0 Å². The molecular formula is C15H21N5O. The highest BCUT2D eigenvalue weighted by Gasteiger charge is 2.23. The summed E-state index contributed by atoms with van der Waals surface area (Å²) in [6, 6.07) is 8.22.